The number of unbranched alkanes of at least 4 members (excludes halogenated alkanes) is 5. The number of fused-ring (bicyclic) bond motifs is 1. The van der Waals surface area contributed by atoms with Crippen molar-refractivity contribution < 1.29 is 14.3 Å². The molecule has 0 saturated heterocycles. The van der Waals surface area contributed by atoms with Crippen LogP contribution in [0.3, 0.4) is 0 Å². The van der Waals surface area contributed by atoms with Crippen LogP contribution in [0.1, 0.15) is 64.4 Å². The molecule has 4 heteroatoms. The zero-order valence-corrected chi connectivity index (χ0v) is 16.7. The summed E-state index contributed by atoms with van der Waals surface area (Å²) in [5.74, 6) is 0.481. The van der Waals surface area contributed by atoms with E-state index in [2.05, 4.69) is 44.0 Å². The molecule has 1 aromatic rings. The zero-order valence-electron chi connectivity index (χ0n) is 16.7. The molecule has 1 heterocycles. The van der Waals surface area contributed by atoms with Crippen LogP contribution in [0.5, 0.6) is 0 Å². The van der Waals surface area contributed by atoms with Gasteiger partial charge in [0.25, 0.3) is 0 Å². The number of rotatable bonds is 10. The first-order valence-corrected chi connectivity index (χ1v) is 9.82. The number of carbonyl (C=O) groups excluding carboxylic acids is 1. The summed E-state index contributed by atoms with van der Waals surface area (Å²) < 4.78 is 10.6. The smallest absolute Gasteiger partial charge is 0.343 e. The molecule has 0 aromatic heterocycles. The van der Waals surface area contributed by atoms with Crippen LogP contribution in [0.15, 0.2) is 29.8 Å². The van der Waals surface area contributed by atoms with E-state index in [0.717, 1.165) is 23.4 Å². The van der Waals surface area contributed by atoms with Gasteiger partial charge < -0.3 is 14.4 Å². The topological polar surface area (TPSA) is 38.8 Å². The van der Waals surface area contributed by atoms with Crippen LogP contribution < -0.4 is 4.90 Å². The highest BCUT2D eigenvalue weighted by atomic mass is 16.6. The Labute approximate surface area is 158 Å². The summed E-state index contributed by atoms with van der Waals surface area (Å²) in [5, 5.41) is 0. The van der Waals surface area contributed by atoms with E-state index in [-0.39, 0.29) is 12.6 Å². The lowest BCUT2D eigenvalue weighted by Gasteiger charge is -2.38. The van der Waals surface area contributed by atoms with Crippen LogP contribution in [-0.4, -0.2) is 32.8 Å². The Kier molecular flexibility index (Phi) is 8.02. The molecule has 144 valence electrons. The molecule has 1 aromatic carbocycles. The molecule has 0 fully saturated rings. The summed E-state index contributed by atoms with van der Waals surface area (Å²) in [4.78, 5) is 13.9. The van der Waals surface area contributed by atoms with E-state index < -0.39 is 0 Å². The Balaban J connectivity index is 2.11. The minimum atomic E-state index is -0.353. The van der Waals surface area contributed by atoms with Crippen molar-refractivity contribution in [2.45, 2.75) is 64.8 Å². The number of hydrogen-bond donors (Lipinski definition) is 0. The van der Waals surface area contributed by atoms with Gasteiger partial charge in [0, 0.05) is 18.3 Å². The number of anilines is 1. The fourth-order valence-corrected chi connectivity index (χ4v) is 3.71. The van der Waals surface area contributed by atoms with Crippen molar-refractivity contribution in [3.8, 4) is 0 Å². The van der Waals surface area contributed by atoms with E-state index in [1.165, 1.54) is 51.2 Å². The summed E-state index contributed by atoms with van der Waals surface area (Å²) >= 11 is 0. The van der Waals surface area contributed by atoms with E-state index in [1.807, 2.05) is 6.07 Å². The van der Waals surface area contributed by atoms with Gasteiger partial charge in [-0.15, -0.1) is 0 Å². The Morgan fingerprint density at radius 1 is 1.12 bits per heavy atom. The predicted molar refractivity (Wildman–Crippen MR) is 107 cm³/mol. The molecule has 1 unspecified atom stereocenters. The normalized spacial score (nSPS) is 16.5. The van der Waals surface area contributed by atoms with Crippen molar-refractivity contribution in [3.05, 3.63) is 35.4 Å². The van der Waals surface area contributed by atoms with E-state index in [1.54, 1.807) is 0 Å². The number of hydrogen-bond acceptors (Lipinski definition) is 4. The number of esters is 1. The predicted octanol–water partition coefficient (Wildman–Crippen LogP) is 5.18. The average molecular weight is 360 g/mol. The molecule has 0 radical (unpaired) electrons. The van der Waals surface area contributed by atoms with Crippen LogP contribution in [0.4, 0.5) is 5.69 Å². The quantitative estimate of drug-likeness (QED) is 0.426. The maximum Gasteiger partial charge on any atom is 0.343 e. The Hall–Kier alpha value is -1.97. The third kappa shape index (κ3) is 5.03. The van der Waals surface area contributed by atoms with Crippen LogP contribution in [0.25, 0.3) is 5.76 Å². The van der Waals surface area contributed by atoms with Crippen LogP contribution in [0.2, 0.25) is 0 Å². The minimum absolute atomic E-state index is 0.0506. The van der Waals surface area contributed by atoms with Gasteiger partial charge in [-0.3, -0.25) is 0 Å². The number of likely N-dealkylation sites (N-methyl/N-ethyl adjacent to an activating group) is 1. The van der Waals surface area contributed by atoms with Crippen molar-refractivity contribution in [1.29, 1.82) is 0 Å². The molecule has 2 rings (SSSR count). The van der Waals surface area contributed by atoms with E-state index in [9.17, 15) is 4.79 Å². The van der Waals surface area contributed by atoms with Gasteiger partial charge in [0.05, 0.1) is 13.2 Å². The van der Waals surface area contributed by atoms with E-state index in [0.29, 0.717) is 6.04 Å². The number of ether oxygens (including phenoxy) is 2. The fourth-order valence-electron chi connectivity index (χ4n) is 3.71. The van der Waals surface area contributed by atoms with Gasteiger partial charge in [0.2, 0.25) is 0 Å². The number of carbonyl (C=O) groups is 1. The van der Waals surface area contributed by atoms with Crippen LogP contribution in [0, 0.1) is 0 Å². The summed E-state index contributed by atoms with van der Waals surface area (Å²) in [7, 11) is 3.54. The monoisotopic (exact) mass is 359 g/mol. The maximum atomic E-state index is 11.5. The van der Waals surface area contributed by atoms with Gasteiger partial charge in [-0.25, -0.2) is 4.79 Å². The van der Waals surface area contributed by atoms with E-state index in [4.69, 9.17) is 9.47 Å². The van der Waals surface area contributed by atoms with Gasteiger partial charge in [-0.05, 0) is 31.1 Å². The van der Waals surface area contributed by atoms with Crippen molar-refractivity contribution in [1.82, 2.24) is 0 Å². The summed E-state index contributed by atoms with van der Waals surface area (Å²) in [6.07, 6.45) is 8.86. The largest absolute Gasteiger partial charge is 0.481 e. The van der Waals surface area contributed by atoms with Gasteiger partial charge in [0.15, 0.2) is 6.61 Å². The summed E-state index contributed by atoms with van der Waals surface area (Å²) in [5.41, 5.74) is 3.41. The lowest BCUT2D eigenvalue weighted by Crippen LogP contribution is -2.37. The van der Waals surface area contributed by atoms with Crippen molar-refractivity contribution in [3.63, 3.8) is 0 Å². The SMILES string of the molecule is CCCCCCCCC1C(C)=C(OCC(=O)OC)c2ccccc2N1C. The molecule has 1 atom stereocenters. The van der Waals surface area contributed by atoms with Gasteiger partial charge in [-0.1, -0.05) is 57.6 Å². The van der Waals surface area contributed by atoms with Gasteiger partial charge in [-0.2, -0.15) is 0 Å². The molecule has 1 aliphatic rings. The van der Waals surface area contributed by atoms with Crippen molar-refractivity contribution in [2.24, 2.45) is 0 Å². The molecule has 0 spiro atoms. The Bertz CT molecular complexity index is 624. The molecular formula is C22H33NO3. The molecule has 0 N–H and O–H groups in total. The molecule has 1 aliphatic heterocycles. The average Bonchev–Trinajstić information content (AvgIpc) is 2.66. The highest BCUT2D eigenvalue weighted by molar-refractivity contribution is 5.81. The minimum Gasteiger partial charge on any atom is -0.481 e. The lowest BCUT2D eigenvalue weighted by atomic mass is 9.91. The van der Waals surface area contributed by atoms with Gasteiger partial charge in [0.1, 0.15) is 5.76 Å². The second-order valence-corrected chi connectivity index (χ2v) is 7.08. The first-order valence-electron chi connectivity index (χ1n) is 9.82. The van der Waals surface area contributed by atoms with Crippen LogP contribution >= 0.6 is 0 Å². The Morgan fingerprint density at radius 3 is 2.54 bits per heavy atom. The molecular weight excluding hydrogens is 326 g/mol. The summed E-state index contributed by atoms with van der Waals surface area (Å²) in [6, 6.07) is 8.55. The highest BCUT2D eigenvalue weighted by Crippen LogP contribution is 2.39. The molecule has 0 aliphatic carbocycles. The molecule has 26 heavy (non-hydrogen) atoms. The number of nitrogens with zero attached hydrogens (tertiary/aromatic N) is 1. The molecule has 0 saturated carbocycles. The maximum absolute atomic E-state index is 11.5. The highest BCUT2D eigenvalue weighted by Gasteiger charge is 2.29. The standard InChI is InChI=1S/C22H33NO3/c1-5-6-7-8-9-10-14-19-17(2)22(26-16-21(24)25-4)18-13-11-12-15-20(18)23(19)3/h11-13,15,19H,5-10,14,16H2,1-4H3. The molecule has 0 bridgehead atoms. The Morgan fingerprint density at radius 2 is 1.81 bits per heavy atom. The first-order chi connectivity index (χ1) is 12.6. The third-order valence-electron chi connectivity index (χ3n) is 5.25. The van der Waals surface area contributed by atoms with Crippen LogP contribution in [-0.2, 0) is 14.3 Å². The first kappa shape index (κ1) is 20.3. The number of methoxy groups -OCH3 is 1. The van der Waals surface area contributed by atoms with Crippen molar-refractivity contribution in [2.75, 3.05) is 25.7 Å². The second-order valence-electron chi connectivity index (χ2n) is 7.08. The summed E-state index contributed by atoms with van der Waals surface area (Å²) in [6.45, 7) is 4.32. The number of benzene rings is 1. The second kappa shape index (κ2) is 10.2. The molecule has 0 amide bonds. The van der Waals surface area contributed by atoms with E-state index >= 15 is 0 Å². The third-order valence-corrected chi connectivity index (χ3v) is 5.25. The number of para-hydroxylation sites is 1. The zero-order chi connectivity index (χ0) is 18.9. The lowest BCUT2D eigenvalue weighted by molar-refractivity contribution is -0.143. The molecule has 4 nitrogen and oxygen atoms in total. The fraction of sp³-hybridized carbons (Fsp3) is 0.591. The van der Waals surface area contributed by atoms with Crippen molar-refractivity contribution >= 4 is 17.4 Å². The van der Waals surface area contributed by atoms with Gasteiger partial charge >= 0.3 is 5.97 Å².